The number of nitrogens with zero attached hydrogens (tertiary/aromatic N) is 3. The highest BCUT2D eigenvalue weighted by Crippen LogP contribution is 2.35. The van der Waals surface area contributed by atoms with E-state index in [1.165, 1.54) is 18.5 Å². The molecule has 5 heteroatoms. The Morgan fingerprint density at radius 1 is 1.44 bits per heavy atom. The Kier molecular flexibility index (Phi) is 2.46. The SMILES string of the molecule is c1cc(CNCc2cncn2C2CC2)no1. The van der Waals surface area contributed by atoms with Crippen molar-refractivity contribution in [2.45, 2.75) is 32.0 Å². The van der Waals surface area contributed by atoms with Crippen molar-refractivity contribution in [1.29, 1.82) is 0 Å². The quantitative estimate of drug-likeness (QED) is 0.826. The minimum absolute atomic E-state index is 0.686. The Balaban J connectivity index is 1.56. The average Bonchev–Trinajstić information content (AvgIpc) is 2.82. The van der Waals surface area contributed by atoms with Gasteiger partial charge in [0.15, 0.2) is 0 Å². The summed E-state index contributed by atoms with van der Waals surface area (Å²) in [7, 11) is 0. The molecule has 0 amide bonds. The van der Waals surface area contributed by atoms with E-state index in [1.54, 1.807) is 6.26 Å². The summed E-state index contributed by atoms with van der Waals surface area (Å²) in [6.07, 6.45) is 8.00. The first-order valence-corrected chi connectivity index (χ1v) is 5.54. The lowest BCUT2D eigenvalue weighted by molar-refractivity contribution is 0.408. The van der Waals surface area contributed by atoms with Gasteiger partial charge in [-0.3, -0.25) is 0 Å². The van der Waals surface area contributed by atoms with Crippen LogP contribution in [0, 0.1) is 0 Å². The van der Waals surface area contributed by atoms with Crippen molar-refractivity contribution in [3.63, 3.8) is 0 Å². The Morgan fingerprint density at radius 3 is 3.12 bits per heavy atom. The maximum atomic E-state index is 4.77. The molecule has 0 unspecified atom stereocenters. The first kappa shape index (κ1) is 9.59. The third kappa shape index (κ3) is 1.99. The minimum atomic E-state index is 0.686. The maximum Gasteiger partial charge on any atom is 0.124 e. The molecule has 84 valence electrons. The van der Waals surface area contributed by atoms with E-state index < -0.39 is 0 Å². The van der Waals surface area contributed by atoms with Gasteiger partial charge in [0.05, 0.1) is 17.7 Å². The zero-order valence-corrected chi connectivity index (χ0v) is 8.97. The van der Waals surface area contributed by atoms with Gasteiger partial charge < -0.3 is 14.4 Å². The van der Waals surface area contributed by atoms with E-state index in [9.17, 15) is 0 Å². The molecule has 0 aromatic carbocycles. The molecular weight excluding hydrogens is 204 g/mol. The molecule has 2 aromatic rings. The summed E-state index contributed by atoms with van der Waals surface area (Å²) in [4.78, 5) is 4.19. The fraction of sp³-hybridized carbons (Fsp3) is 0.455. The molecule has 3 rings (SSSR count). The van der Waals surface area contributed by atoms with Crippen LogP contribution in [0.25, 0.3) is 0 Å². The van der Waals surface area contributed by atoms with E-state index in [0.29, 0.717) is 6.04 Å². The predicted molar refractivity (Wildman–Crippen MR) is 57.5 cm³/mol. The van der Waals surface area contributed by atoms with Crippen molar-refractivity contribution in [3.8, 4) is 0 Å². The summed E-state index contributed by atoms with van der Waals surface area (Å²) in [5.41, 5.74) is 2.17. The van der Waals surface area contributed by atoms with Crippen LogP contribution in [-0.4, -0.2) is 14.7 Å². The molecule has 0 radical (unpaired) electrons. The average molecular weight is 218 g/mol. The predicted octanol–water partition coefficient (Wildman–Crippen LogP) is 1.50. The molecular formula is C11H14N4O. The monoisotopic (exact) mass is 218 g/mol. The first-order chi connectivity index (χ1) is 7.93. The number of aromatic nitrogens is 3. The first-order valence-electron chi connectivity index (χ1n) is 5.54. The molecule has 1 saturated carbocycles. The Morgan fingerprint density at radius 2 is 2.38 bits per heavy atom. The van der Waals surface area contributed by atoms with Crippen LogP contribution in [0.4, 0.5) is 0 Å². The zero-order valence-electron chi connectivity index (χ0n) is 8.97. The van der Waals surface area contributed by atoms with Gasteiger partial charge in [-0.25, -0.2) is 4.98 Å². The smallest absolute Gasteiger partial charge is 0.124 e. The van der Waals surface area contributed by atoms with Crippen molar-refractivity contribution in [1.82, 2.24) is 20.0 Å². The number of hydrogen-bond acceptors (Lipinski definition) is 4. The number of imidazole rings is 1. The fourth-order valence-electron chi connectivity index (χ4n) is 1.80. The highest BCUT2D eigenvalue weighted by Gasteiger charge is 2.24. The molecule has 0 atom stereocenters. The van der Waals surface area contributed by atoms with Gasteiger partial charge in [0, 0.05) is 31.4 Å². The Labute approximate surface area is 93.5 Å². The third-order valence-corrected chi connectivity index (χ3v) is 2.79. The largest absolute Gasteiger partial charge is 0.364 e. The zero-order chi connectivity index (χ0) is 10.8. The van der Waals surface area contributed by atoms with E-state index in [4.69, 9.17) is 4.52 Å². The van der Waals surface area contributed by atoms with Gasteiger partial charge in [0.2, 0.25) is 0 Å². The standard InChI is InChI=1S/C11H14N4O/c1-2-10(1)15-8-13-7-11(15)6-12-5-9-3-4-16-14-9/h3-4,7-8,10,12H,1-2,5-6H2. The van der Waals surface area contributed by atoms with Crippen LogP contribution in [0.15, 0.2) is 29.4 Å². The maximum absolute atomic E-state index is 4.77. The molecule has 0 spiro atoms. The lowest BCUT2D eigenvalue weighted by Gasteiger charge is -2.06. The van der Waals surface area contributed by atoms with Crippen LogP contribution in [-0.2, 0) is 13.1 Å². The van der Waals surface area contributed by atoms with E-state index >= 15 is 0 Å². The normalized spacial score (nSPS) is 15.5. The van der Waals surface area contributed by atoms with Crippen molar-refractivity contribution in [2.75, 3.05) is 0 Å². The summed E-state index contributed by atoms with van der Waals surface area (Å²) in [6, 6.07) is 2.55. The summed E-state index contributed by atoms with van der Waals surface area (Å²) in [5.74, 6) is 0. The van der Waals surface area contributed by atoms with Crippen molar-refractivity contribution in [2.24, 2.45) is 0 Å². The summed E-state index contributed by atoms with van der Waals surface area (Å²) >= 11 is 0. The number of hydrogen-bond donors (Lipinski definition) is 1. The van der Waals surface area contributed by atoms with Gasteiger partial charge in [-0.05, 0) is 12.8 Å². The Bertz CT molecular complexity index is 444. The summed E-state index contributed by atoms with van der Waals surface area (Å²) in [6.45, 7) is 1.55. The van der Waals surface area contributed by atoms with E-state index in [0.717, 1.165) is 18.8 Å². The number of rotatable bonds is 5. The van der Waals surface area contributed by atoms with Gasteiger partial charge in [0.25, 0.3) is 0 Å². The van der Waals surface area contributed by atoms with Crippen LogP contribution in [0.2, 0.25) is 0 Å². The van der Waals surface area contributed by atoms with E-state index in [-0.39, 0.29) is 0 Å². The molecule has 16 heavy (non-hydrogen) atoms. The van der Waals surface area contributed by atoms with Gasteiger partial charge in [0.1, 0.15) is 6.26 Å². The molecule has 0 saturated heterocycles. The van der Waals surface area contributed by atoms with E-state index in [2.05, 4.69) is 20.0 Å². The summed E-state index contributed by atoms with van der Waals surface area (Å²) < 4.78 is 7.03. The molecule has 2 aromatic heterocycles. The van der Waals surface area contributed by atoms with Crippen LogP contribution < -0.4 is 5.32 Å². The highest BCUT2D eigenvalue weighted by atomic mass is 16.5. The van der Waals surface area contributed by atoms with Gasteiger partial charge in [-0.15, -0.1) is 0 Å². The topological polar surface area (TPSA) is 55.9 Å². The van der Waals surface area contributed by atoms with Crippen LogP contribution in [0.1, 0.15) is 30.3 Å². The summed E-state index contributed by atoms with van der Waals surface area (Å²) in [5, 5.41) is 7.17. The second-order valence-corrected chi connectivity index (χ2v) is 4.12. The lowest BCUT2D eigenvalue weighted by Crippen LogP contribution is -2.15. The molecule has 0 aliphatic heterocycles. The molecule has 0 bridgehead atoms. The van der Waals surface area contributed by atoms with Crippen molar-refractivity contribution in [3.05, 3.63) is 36.2 Å². The molecule has 1 aliphatic carbocycles. The minimum Gasteiger partial charge on any atom is -0.364 e. The van der Waals surface area contributed by atoms with Crippen LogP contribution in [0.3, 0.4) is 0 Å². The second kappa shape index (κ2) is 4.09. The third-order valence-electron chi connectivity index (χ3n) is 2.79. The molecule has 5 nitrogen and oxygen atoms in total. The molecule has 2 heterocycles. The van der Waals surface area contributed by atoms with Crippen LogP contribution >= 0.6 is 0 Å². The van der Waals surface area contributed by atoms with Gasteiger partial charge >= 0.3 is 0 Å². The van der Waals surface area contributed by atoms with Crippen LogP contribution in [0.5, 0.6) is 0 Å². The number of nitrogens with one attached hydrogen (secondary N) is 1. The second-order valence-electron chi connectivity index (χ2n) is 4.12. The van der Waals surface area contributed by atoms with Crippen molar-refractivity contribution >= 4 is 0 Å². The highest BCUT2D eigenvalue weighted by molar-refractivity contribution is 5.03. The fourth-order valence-corrected chi connectivity index (χ4v) is 1.80. The Hall–Kier alpha value is -1.62. The molecule has 1 aliphatic rings. The van der Waals surface area contributed by atoms with Crippen molar-refractivity contribution < 1.29 is 4.52 Å². The molecule has 1 fully saturated rings. The van der Waals surface area contributed by atoms with E-state index in [1.807, 2.05) is 18.6 Å². The lowest BCUT2D eigenvalue weighted by atomic mass is 10.4. The van der Waals surface area contributed by atoms with Gasteiger partial charge in [-0.2, -0.15) is 0 Å². The molecule has 1 N–H and O–H groups in total. The van der Waals surface area contributed by atoms with Gasteiger partial charge in [-0.1, -0.05) is 5.16 Å².